The number of rotatable bonds is 5. The fraction of sp³-hybridized carbons (Fsp3) is 0.486. The molecule has 4 bridgehead atoms. The number of amides is 1. The maximum atomic E-state index is 13.6. The van der Waals surface area contributed by atoms with Crippen LogP contribution in [0.1, 0.15) is 57.6 Å². The van der Waals surface area contributed by atoms with Gasteiger partial charge >= 0.3 is 18.0 Å². The monoisotopic (exact) mass is 706 g/mol. The van der Waals surface area contributed by atoms with E-state index in [4.69, 9.17) is 28.4 Å². The molecule has 2 saturated heterocycles. The van der Waals surface area contributed by atoms with Gasteiger partial charge in [-0.3, -0.25) is 14.6 Å². The first-order valence-corrected chi connectivity index (χ1v) is 17.3. The van der Waals surface area contributed by atoms with E-state index in [0.717, 1.165) is 11.1 Å². The summed E-state index contributed by atoms with van der Waals surface area (Å²) in [6.45, 7) is 8.19. The first-order valence-electron chi connectivity index (χ1n) is 16.3. The Labute approximate surface area is 293 Å². The van der Waals surface area contributed by atoms with Crippen LogP contribution in [-0.4, -0.2) is 97.0 Å². The number of hydrogen-bond acceptors (Lipinski definition) is 14. The molecular formula is C35H38N4O10S. The minimum Gasteiger partial charge on any atom is -0.504 e. The van der Waals surface area contributed by atoms with Gasteiger partial charge in [0.25, 0.3) is 0 Å². The van der Waals surface area contributed by atoms with Gasteiger partial charge in [0.05, 0.1) is 30.5 Å². The van der Waals surface area contributed by atoms with Crippen LogP contribution in [0.25, 0.3) is 0 Å². The highest BCUT2D eigenvalue weighted by Gasteiger charge is 2.60. The van der Waals surface area contributed by atoms with Crippen LogP contribution < -0.4 is 24.3 Å². The molecule has 0 saturated carbocycles. The number of ether oxygens (including phenoxy) is 6. The van der Waals surface area contributed by atoms with Gasteiger partial charge in [0.2, 0.25) is 6.79 Å². The summed E-state index contributed by atoms with van der Waals surface area (Å²) in [6, 6.07) is 0.661. The van der Waals surface area contributed by atoms with E-state index < -0.39 is 53.5 Å². The molecule has 50 heavy (non-hydrogen) atoms. The Morgan fingerprint density at radius 1 is 1.20 bits per heavy atom. The van der Waals surface area contributed by atoms with Crippen molar-refractivity contribution in [3.05, 3.63) is 52.1 Å². The Bertz CT molecular complexity index is 1840. The molecule has 14 nitrogen and oxygen atoms in total. The molecule has 1 unspecified atom stereocenters. The molecular weight excluding hydrogens is 668 g/mol. The van der Waals surface area contributed by atoms with Gasteiger partial charge < -0.3 is 38.8 Å². The van der Waals surface area contributed by atoms with E-state index in [1.807, 2.05) is 20.0 Å². The third-order valence-electron chi connectivity index (χ3n) is 10.3. The SMILES string of the molecule is C=CCOC(=O)N[C@H]1CS[C@@H]2c3c(OC(C)=O)c(C)c4c(c3[C@H](COC1=O)N1[C@@H]2[C@@H]2c3c(cc(C)c(OC)c3O)CC([C@@H]1C#N)N2C)OCO4. The lowest BCUT2D eigenvalue weighted by Crippen LogP contribution is -2.69. The minimum atomic E-state index is -1.10. The van der Waals surface area contributed by atoms with Crippen LogP contribution in [0.5, 0.6) is 28.7 Å². The number of esters is 2. The molecule has 0 radical (unpaired) electrons. The Kier molecular flexibility index (Phi) is 8.73. The van der Waals surface area contributed by atoms with E-state index in [0.29, 0.717) is 51.7 Å². The molecule has 0 aromatic heterocycles. The number of phenolic OH excluding ortho intramolecular Hbond substituents is 1. The van der Waals surface area contributed by atoms with Gasteiger partial charge in [-0.1, -0.05) is 18.7 Å². The maximum Gasteiger partial charge on any atom is 0.408 e. The van der Waals surface area contributed by atoms with E-state index in [2.05, 4.69) is 27.8 Å². The van der Waals surface area contributed by atoms with Crippen molar-refractivity contribution in [1.29, 1.82) is 5.26 Å². The molecule has 6 aliphatic heterocycles. The number of nitrogens with zero attached hydrogens (tertiary/aromatic N) is 3. The van der Waals surface area contributed by atoms with Crippen molar-refractivity contribution < 1.29 is 47.9 Å². The van der Waals surface area contributed by atoms with E-state index in [1.54, 1.807) is 6.92 Å². The number of aryl methyl sites for hydroxylation is 1. The van der Waals surface area contributed by atoms with Crippen LogP contribution in [0.15, 0.2) is 18.7 Å². The molecule has 2 aromatic rings. The molecule has 15 heteroatoms. The van der Waals surface area contributed by atoms with E-state index in [-0.39, 0.29) is 37.6 Å². The second-order valence-corrected chi connectivity index (χ2v) is 14.1. The normalized spacial score (nSPS) is 27.8. The summed E-state index contributed by atoms with van der Waals surface area (Å²) in [6.07, 6.45) is 1.08. The largest absolute Gasteiger partial charge is 0.504 e. The highest BCUT2D eigenvalue weighted by molar-refractivity contribution is 7.99. The number of fused-ring (bicyclic) bond motifs is 10. The number of alkyl carbamates (subject to hydrolysis) is 1. The van der Waals surface area contributed by atoms with Gasteiger partial charge in [0.1, 0.15) is 31.0 Å². The van der Waals surface area contributed by atoms with Gasteiger partial charge in [0.15, 0.2) is 23.0 Å². The average molecular weight is 707 g/mol. The highest BCUT2D eigenvalue weighted by atomic mass is 32.2. The standard InChI is InChI=1S/C35H38N4O10S/c1-7-8-45-35(43)37-19-13-50-33-25-24(32-31(47-14-48-32)16(3)30(25)49-17(4)40)22(12-46-34(19)42)39-21(11-36)20-10-18-9-15(2)29(44-6)28(41)23(18)26(27(33)39)38(20)5/h7,9,19-22,26-27,33,41H,1,8,10,12-14H2,2-6H3,(H,37,43)/t19-,20?,21-,22-,26-,27+,33+/m0/s1. The Balaban J connectivity index is 1.49. The van der Waals surface area contributed by atoms with Gasteiger partial charge in [-0.05, 0) is 38.4 Å². The number of benzene rings is 2. The van der Waals surface area contributed by atoms with Gasteiger partial charge in [-0.2, -0.15) is 5.26 Å². The van der Waals surface area contributed by atoms with Crippen molar-refractivity contribution in [1.82, 2.24) is 15.1 Å². The molecule has 2 aromatic carbocycles. The topological polar surface area (TPSA) is 169 Å². The van der Waals surface area contributed by atoms with E-state index in [1.165, 1.54) is 31.9 Å². The molecule has 6 aliphatic rings. The van der Waals surface area contributed by atoms with Crippen molar-refractivity contribution in [3.8, 4) is 34.8 Å². The predicted octanol–water partition coefficient (Wildman–Crippen LogP) is 3.51. The number of methoxy groups -OCH3 is 1. The highest BCUT2D eigenvalue weighted by Crippen LogP contribution is 2.64. The maximum absolute atomic E-state index is 13.6. The molecule has 0 spiro atoms. The average Bonchev–Trinajstić information content (AvgIpc) is 3.57. The number of phenols is 1. The molecule has 6 heterocycles. The molecule has 0 aliphatic carbocycles. The number of likely N-dealkylation sites (N-methyl/N-ethyl adjacent to an activating group) is 1. The van der Waals surface area contributed by atoms with Crippen LogP contribution in [-0.2, 0) is 25.5 Å². The molecule has 264 valence electrons. The summed E-state index contributed by atoms with van der Waals surface area (Å²) in [4.78, 5) is 43.2. The van der Waals surface area contributed by atoms with Crippen LogP contribution in [0.4, 0.5) is 4.79 Å². The number of hydrogen-bond donors (Lipinski definition) is 2. The van der Waals surface area contributed by atoms with Gasteiger partial charge in [-0.15, -0.1) is 11.8 Å². The van der Waals surface area contributed by atoms with Gasteiger partial charge in [-0.25, -0.2) is 9.59 Å². The zero-order valence-electron chi connectivity index (χ0n) is 28.3. The van der Waals surface area contributed by atoms with Crippen molar-refractivity contribution >= 4 is 29.8 Å². The lowest BCUT2D eigenvalue weighted by molar-refractivity contribution is -0.151. The number of carbonyl (C=O) groups excluding carboxylic acids is 3. The lowest BCUT2D eigenvalue weighted by atomic mass is 9.71. The number of aromatic hydroxyl groups is 1. The number of piperazine rings is 1. The van der Waals surface area contributed by atoms with Crippen LogP contribution in [0.3, 0.4) is 0 Å². The summed E-state index contributed by atoms with van der Waals surface area (Å²) in [7, 11) is 3.46. The first kappa shape index (κ1) is 33.8. The van der Waals surface area contributed by atoms with E-state index in [9.17, 15) is 24.8 Å². The second-order valence-electron chi connectivity index (χ2n) is 13.0. The molecule has 2 fully saturated rings. The summed E-state index contributed by atoms with van der Waals surface area (Å²) < 4.78 is 34.8. The fourth-order valence-corrected chi connectivity index (χ4v) is 9.89. The minimum absolute atomic E-state index is 0.0179. The number of carbonyl (C=O) groups is 3. The van der Waals surface area contributed by atoms with Crippen molar-refractivity contribution in [3.63, 3.8) is 0 Å². The number of thioether (sulfide) groups is 1. The van der Waals surface area contributed by atoms with Crippen molar-refractivity contribution in [2.24, 2.45) is 0 Å². The fourth-order valence-electron chi connectivity index (χ4n) is 8.39. The molecule has 7 atom stereocenters. The van der Waals surface area contributed by atoms with Gasteiger partial charge in [0, 0.05) is 47.0 Å². The van der Waals surface area contributed by atoms with Crippen LogP contribution in [0, 0.1) is 25.2 Å². The second kappa shape index (κ2) is 12.9. The quantitative estimate of drug-likeness (QED) is 0.263. The van der Waals surface area contributed by atoms with Crippen LogP contribution >= 0.6 is 11.8 Å². The Hall–Kier alpha value is -4.65. The lowest BCUT2D eigenvalue weighted by Gasteiger charge is -2.61. The summed E-state index contributed by atoms with van der Waals surface area (Å²) in [5.41, 5.74) is 4.15. The first-order chi connectivity index (χ1) is 24.0. The predicted molar refractivity (Wildman–Crippen MR) is 178 cm³/mol. The summed E-state index contributed by atoms with van der Waals surface area (Å²) in [5, 5.41) is 24.8. The Morgan fingerprint density at radius 3 is 2.66 bits per heavy atom. The summed E-state index contributed by atoms with van der Waals surface area (Å²) in [5.74, 6) is 0.321. The molecule has 8 rings (SSSR count). The van der Waals surface area contributed by atoms with Crippen LogP contribution in [0.2, 0.25) is 0 Å². The molecule has 1 amide bonds. The van der Waals surface area contributed by atoms with Crippen molar-refractivity contribution in [2.75, 3.05) is 39.9 Å². The Morgan fingerprint density at radius 2 is 1.96 bits per heavy atom. The zero-order chi connectivity index (χ0) is 35.6. The zero-order valence-corrected chi connectivity index (χ0v) is 29.1. The molecule has 2 N–H and O–H groups in total. The summed E-state index contributed by atoms with van der Waals surface area (Å²) >= 11 is 1.34. The third kappa shape index (κ3) is 5.11. The van der Waals surface area contributed by atoms with E-state index >= 15 is 0 Å². The third-order valence-corrected chi connectivity index (χ3v) is 11.7. The number of nitrogens with one attached hydrogen (secondary N) is 1. The number of nitriles is 1. The van der Waals surface area contributed by atoms with Crippen molar-refractivity contribution in [2.45, 2.75) is 68.7 Å². The smallest absolute Gasteiger partial charge is 0.408 e.